The lowest BCUT2D eigenvalue weighted by atomic mass is 10.1. The molecule has 0 spiro atoms. The zero-order chi connectivity index (χ0) is 15.9. The number of fused-ring (bicyclic) bond motifs is 1. The molecule has 0 aliphatic heterocycles. The molecule has 0 saturated heterocycles. The summed E-state index contributed by atoms with van der Waals surface area (Å²) in [5.74, 6) is -1.57. The van der Waals surface area contributed by atoms with Gasteiger partial charge in [0.2, 0.25) is 0 Å². The number of hydrogen-bond acceptors (Lipinski definition) is 4. The van der Waals surface area contributed by atoms with Gasteiger partial charge in [0, 0.05) is 16.5 Å². The number of benzene rings is 1. The van der Waals surface area contributed by atoms with Crippen molar-refractivity contribution in [3.8, 4) is 0 Å². The van der Waals surface area contributed by atoms with E-state index in [9.17, 15) is 18.7 Å². The first-order chi connectivity index (χ1) is 10.5. The molecule has 0 saturated carbocycles. The maximum absolute atomic E-state index is 13.7. The lowest BCUT2D eigenvalue weighted by Crippen LogP contribution is -2.23. The summed E-state index contributed by atoms with van der Waals surface area (Å²) < 4.78 is 27.8. The Kier molecular flexibility index (Phi) is 3.76. The molecule has 1 N–H and O–H groups in total. The van der Waals surface area contributed by atoms with Crippen molar-refractivity contribution in [2.45, 2.75) is 19.6 Å². The second kappa shape index (κ2) is 5.58. The summed E-state index contributed by atoms with van der Waals surface area (Å²) in [7, 11) is 0. The van der Waals surface area contributed by atoms with Crippen LogP contribution < -0.4 is 5.56 Å². The third-order valence-corrected chi connectivity index (χ3v) is 4.29. The van der Waals surface area contributed by atoms with Gasteiger partial charge in [0.25, 0.3) is 5.56 Å². The van der Waals surface area contributed by atoms with Crippen LogP contribution in [0.5, 0.6) is 0 Å². The van der Waals surface area contributed by atoms with Crippen molar-refractivity contribution in [2.75, 3.05) is 0 Å². The lowest BCUT2D eigenvalue weighted by Gasteiger charge is -2.13. The Morgan fingerprint density at radius 2 is 2.14 bits per heavy atom. The van der Waals surface area contributed by atoms with Gasteiger partial charge in [0.05, 0.1) is 24.4 Å². The third kappa shape index (κ3) is 2.65. The molecule has 0 radical (unpaired) electrons. The van der Waals surface area contributed by atoms with Gasteiger partial charge >= 0.3 is 0 Å². The predicted molar refractivity (Wildman–Crippen MR) is 79.9 cm³/mol. The van der Waals surface area contributed by atoms with Crippen molar-refractivity contribution >= 4 is 21.6 Å². The van der Waals surface area contributed by atoms with Gasteiger partial charge in [0.1, 0.15) is 16.5 Å². The van der Waals surface area contributed by atoms with Gasteiger partial charge in [-0.3, -0.25) is 9.36 Å². The summed E-state index contributed by atoms with van der Waals surface area (Å²) in [6, 6.07) is 4.66. The van der Waals surface area contributed by atoms with Crippen LogP contribution in [0.2, 0.25) is 0 Å². The van der Waals surface area contributed by atoms with Gasteiger partial charge in [-0.2, -0.15) is 0 Å². The molecule has 2 heterocycles. The number of rotatable bonds is 3. The summed E-state index contributed by atoms with van der Waals surface area (Å²) in [6.07, 6.45) is 0.0583. The van der Waals surface area contributed by atoms with E-state index in [1.807, 2.05) is 6.92 Å². The SMILES string of the molecule is Cc1cc2c(=O)n(CC(O)c3ccc(F)cc3F)cnc2s1. The number of aliphatic hydroxyl groups excluding tert-OH is 1. The Hall–Kier alpha value is -2.12. The molecule has 0 bridgehead atoms. The molecule has 1 atom stereocenters. The molecular formula is C15H12F2N2O2S. The Morgan fingerprint density at radius 3 is 2.86 bits per heavy atom. The van der Waals surface area contributed by atoms with Crippen LogP contribution >= 0.6 is 11.3 Å². The van der Waals surface area contributed by atoms with E-state index in [1.165, 1.54) is 28.3 Å². The zero-order valence-electron chi connectivity index (χ0n) is 11.6. The van der Waals surface area contributed by atoms with Crippen LogP contribution in [0, 0.1) is 18.6 Å². The molecule has 22 heavy (non-hydrogen) atoms. The van der Waals surface area contributed by atoms with E-state index in [-0.39, 0.29) is 17.7 Å². The fourth-order valence-electron chi connectivity index (χ4n) is 2.27. The highest BCUT2D eigenvalue weighted by Crippen LogP contribution is 2.21. The van der Waals surface area contributed by atoms with Gasteiger partial charge in [-0.05, 0) is 19.1 Å². The van der Waals surface area contributed by atoms with Crippen molar-refractivity contribution in [3.63, 3.8) is 0 Å². The van der Waals surface area contributed by atoms with E-state index in [0.29, 0.717) is 16.3 Å². The van der Waals surface area contributed by atoms with E-state index in [4.69, 9.17) is 0 Å². The monoisotopic (exact) mass is 322 g/mol. The maximum Gasteiger partial charge on any atom is 0.262 e. The van der Waals surface area contributed by atoms with E-state index in [2.05, 4.69) is 4.98 Å². The largest absolute Gasteiger partial charge is 0.386 e. The zero-order valence-corrected chi connectivity index (χ0v) is 12.4. The number of aromatic nitrogens is 2. The predicted octanol–water partition coefficient (Wildman–Crippen LogP) is 2.78. The first kappa shape index (κ1) is 14.8. The van der Waals surface area contributed by atoms with Crippen LogP contribution in [-0.4, -0.2) is 14.7 Å². The molecule has 7 heteroatoms. The minimum absolute atomic E-state index is 0.0603. The Labute approximate surface area is 128 Å². The minimum atomic E-state index is -1.27. The molecule has 0 fully saturated rings. The van der Waals surface area contributed by atoms with Crippen molar-refractivity contribution in [1.82, 2.24) is 9.55 Å². The molecule has 3 aromatic rings. The van der Waals surface area contributed by atoms with Gasteiger partial charge in [-0.1, -0.05) is 6.07 Å². The second-order valence-electron chi connectivity index (χ2n) is 4.96. The topological polar surface area (TPSA) is 55.1 Å². The number of hydrogen-bond donors (Lipinski definition) is 1. The van der Waals surface area contributed by atoms with Crippen LogP contribution in [0.3, 0.4) is 0 Å². The normalized spacial score (nSPS) is 12.7. The molecule has 0 amide bonds. The van der Waals surface area contributed by atoms with Gasteiger partial charge in [-0.15, -0.1) is 11.3 Å². The minimum Gasteiger partial charge on any atom is -0.386 e. The number of halogens is 2. The number of aliphatic hydroxyl groups is 1. The quantitative estimate of drug-likeness (QED) is 0.807. The van der Waals surface area contributed by atoms with Crippen molar-refractivity contribution in [2.24, 2.45) is 0 Å². The summed E-state index contributed by atoms with van der Waals surface area (Å²) in [6.45, 7) is 1.72. The number of thiophene rings is 1. The standard InChI is InChI=1S/C15H12F2N2O2S/c1-8-4-11-14(22-8)18-7-19(15(11)21)6-13(20)10-3-2-9(16)5-12(10)17/h2-5,7,13,20H,6H2,1H3. The molecule has 2 aromatic heterocycles. The highest BCUT2D eigenvalue weighted by Gasteiger charge is 2.16. The first-order valence-corrected chi connectivity index (χ1v) is 7.36. The van der Waals surface area contributed by atoms with E-state index >= 15 is 0 Å². The smallest absolute Gasteiger partial charge is 0.262 e. The highest BCUT2D eigenvalue weighted by atomic mass is 32.1. The fraction of sp³-hybridized carbons (Fsp3) is 0.200. The van der Waals surface area contributed by atoms with Crippen molar-refractivity contribution in [3.05, 3.63) is 63.0 Å². The van der Waals surface area contributed by atoms with Crippen LogP contribution in [-0.2, 0) is 6.54 Å². The number of nitrogens with zero attached hydrogens (tertiary/aromatic N) is 2. The molecule has 1 aromatic carbocycles. The van der Waals surface area contributed by atoms with Crippen molar-refractivity contribution in [1.29, 1.82) is 0 Å². The van der Waals surface area contributed by atoms with E-state index in [0.717, 1.165) is 10.9 Å². The molecule has 1 unspecified atom stereocenters. The van der Waals surface area contributed by atoms with Crippen molar-refractivity contribution < 1.29 is 13.9 Å². The van der Waals surface area contributed by atoms with Gasteiger partial charge < -0.3 is 5.11 Å². The summed E-state index contributed by atoms with van der Waals surface area (Å²) in [5.41, 5.74) is -0.356. The molecule has 114 valence electrons. The van der Waals surface area contributed by atoms with Crippen LogP contribution in [0.25, 0.3) is 10.2 Å². The van der Waals surface area contributed by atoms with Gasteiger partial charge in [-0.25, -0.2) is 13.8 Å². The second-order valence-corrected chi connectivity index (χ2v) is 6.19. The van der Waals surface area contributed by atoms with Crippen LogP contribution in [0.4, 0.5) is 8.78 Å². The Morgan fingerprint density at radius 1 is 1.36 bits per heavy atom. The lowest BCUT2D eigenvalue weighted by molar-refractivity contribution is 0.150. The molecule has 4 nitrogen and oxygen atoms in total. The molecule has 0 aliphatic rings. The number of aryl methyl sites for hydroxylation is 1. The summed E-state index contributed by atoms with van der Waals surface area (Å²) >= 11 is 1.41. The first-order valence-electron chi connectivity index (χ1n) is 6.54. The Bertz CT molecular complexity index is 904. The van der Waals surface area contributed by atoms with E-state index < -0.39 is 17.7 Å². The fourth-order valence-corrected chi connectivity index (χ4v) is 3.10. The maximum atomic E-state index is 13.7. The molecule has 0 aliphatic carbocycles. The summed E-state index contributed by atoms with van der Waals surface area (Å²) in [5, 5.41) is 10.6. The molecule has 3 rings (SSSR count). The van der Waals surface area contributed by atoms with E-state index in [1.54, 1.807) is 6.07 Å². The average molecular weight is 322 g/mol. The Balaban J connectivity index is 1.95. The van der Waals surface area contributed by atoms with Gasteiger partial charge in [0.15, 0.2) is 0 Å². The summed E-state index contributed by atoms with van der Waals surface area (Å²) in [4.78, 5) is 18.1. The highest BCUT2D eigenvalue weighted by molar-refractivity contribution is 7.18. The average Bonchev–Trinajstić information content (AvgIpc) is 2.83. The molecular weight excluding hydrogens is 310 g/mol. The van der Waals surface area contributed by atoms with Crippen LogP contribution in [0.15, 0.2) is 35.4 Å². The van der Waals surface area contributed by atoms with Crippen LogP contribution in [0.1, 0.15) is 16.5 Å². The third-order valence-electron chi connectivity index (χ3n) is 3.33.